The number of nitrogens with zero attached hydrogens (tertiary/aromatic N) is 3. The van der Waals surface area contributed by atoms with Gasteiger partial charge < -0.3 is 5.32 Å². The molecule has 2 aromatic carbocycles. The number of rotatable bonds is 5. The molecule has 0 fully saturated rings. The van der Waals surface area contributed by atoms with Crippen LogP contribution < -0.4 is 16.4 Å². The molecule has 9 heteroatoms. The SMILES string of the molecule is CC(C)(C)C(=O)Nc1ncccc1-c1cccc(Cn2cnc3ccc(C(=O)NO)cc3c2=O)c1. The molecule has 0 unspecified atom stereocenters. The van der Waals surface area contributed by atoms with Gasteiger partial charge >= 0.3 is 0 Å². The van der Waals surface area contributed by atoms with Crippen molar-refractivity contribution in [3.63, 3.8) is 0 Å². The largest absolute Gasteiger partial charge is 0.310 e. The fraction of sp³-hybridized carbons (Fsp3) is 0.192. The molecule has 0 saturated heterocycles. The number of benzene rings is 2. The lowest BCUT2D eigenvalue weighted by molar-refractivity contribution is -0.123. The molecule has 0 bridgehead atoms. The first-order chi connectivity index (χ1) is 16.7. The van der Waals surface area contributed by atoms with E-state index in [1.165, 1.54) is 23.0 Å². The molecule has 9 nitrogen and oxygen atoms in total. The van der Waals surface area contributed by atoms with Crippen molar-refractivity contribution in [2.75, 3.05) is 5.32 Å². The quantitative estimate of drug-likeness (QED) is 0.302. The Kier molecular flexibility index (Phi) is 6.44. The fourth-order valence-electron chi connectivity index (χ4n) is 3.54. The molecule has 3 N–H and O–H groups in total. The number of hydrogen-bond acceptors (Lipinski definition) is 6. The topological polar surface area (TPSA) is 126 Å². The highest BCUT2D eigenvalue weighted by Crippen LogP contribution is 2.28. The van der Waals surface area contributed by atoms with Gasteiger partial charge in [0.05, 0.1) is 23.8 Å². The van der Waals surface area contributed by atoms with Crippen LogP contribution in [0.15, 0.2) is 71.9 Å². The lowest BCUT2D eigenvalue weighted by Crippen LogP contribution is -2.28. The lowest BCUT2D eigenvalue weighted by atomic mass is 9.95. The molecule has 35 heavy (non-hydrogen) atoms. The summed E-state index contributed by atoms with van der Waals surface area (Å²) in [6, 6.07) is 15.7. The summed E-state index contributed by atoms with van der Waals surface area (Å²) in [5.74, 6) is -0.388. The second-order valence-corrected chi connectivity index (χ2v) is 9.15. The van der Waals surface area contributed by atoms with Crippen LogP contribution in [0, 0.1) is 5.41 Å². The van der Waals surface area contributed by atoms with E-state index in [1.807, 2.05) is 51.1 Å². The Hall–Kier alpha value is -4.37. The molecule has 0 aliphatic carbocycles. The number of anilines is 1. The normalized spacial score (nSPS) is 11.3. The van der Waals surface area contributed by atoms with Gasteiger partial charge in [-0.1, -0.05) is 39.0 Å². The zero-order chi connectivity index (χ0) is 25.2. The number of hydrogen-bond donors (Lipinski definition) is 3. The molecule has 2 heterocycles. The fourth-order valence-corrected chi connectivity index (χ4v) is 3.54. The van der Waals surface area contributed by atoms with Gasteiger partial charge in [0.2, 0.25) is 5.91 Å². The first-order valence-electron chi connectivity index (χ1n) is 11.0. The zero-order valence-corrected chi connectivity index (χ0v) is 19.6. The predicted molar refractivity (Wildman–Crippen MR) is 132 cm³/mol. The highest BCUT2D eigenvalue weighted by atomic mass is 16.5. The minimum Gasteiger partial charge on any atom is -0.310 e. The first kappa shape index (κ1) is 23.8. The number of nitrogens with one attached hydrogen (secondary N) is 2. The van der Waals surface area contributed by atoms with Crippen molar-refractivity contribution in [2.24, 2.45) is 5.41 Å². The third kappa shape index (κ3) is 5.10. The van der Waals surface area contributed by atoms with Gasteiger partial charge in [0.25, 0.3) is 11.5 Å². The minimum atomic E-state index is -0.708. The van der Waals surface area contributed by atoms with E-state index in [0.717, 1.165) is 16.7 Å². The predicted octanol–water partition coefficient (Wildman–Crippen LogP) is 3.61. The Labute approximate surface area is 201 Å². The molecule has 0 spiro atoms. The van der Waals surface area contributed by atoms with Crippen LogP contribution in [-0.4, -0.2) is 31.6 Å². The summed E-state index contributed by atoms with van der Waals surface area (Å²) in [6.07, 6.45) is 3.08. The average molecular weight is 472 g/mol. The van der Waals surface area contributed by atoms with Crippen molar-refractivity contribution in [2.45, 2.75) is 27.3 Å². The van der Waals surface area contributed by atoms with Crippen LogP contribution in [0.3, 0.4) is 0 Å². The van der Waals surface area contributed by atoms with Crippen molar-refractivity contribution in [3.8, 4) is 11.1 Å². The molecular weight excluding hydrogens is 446 g/mol. The number of aromatic nitrogens is 3. The summed E-state index contributed by atoms with van der Waals surface area (Å²) >= 11 is 0. The molecule has 4 rings (SSSR count). The molecule has 0 saturated carbocycles. The van der Waals surface area contributed by atoms with E-state index in [-0.39, 0.29) is 29.0 Å². The highest BCUT2D eigenvalue weighted by Gasteiger charge is 2.22. The van der Waals surface area contributed by atoms with E-state index in [2.05, 4.69) is 15.3 Å². The number of pyridine rings is 1. The average Bonchev–Trinajstić information content (AvgIpc) is 2.85. The van der Waals surface area contributed by atoms with Crippen LogP contribution in [0.25, 0.3) is 22.0 Å². The van der Waals surface area contributed by atoms with Crippen LogP contribution in [0.2, 0.25) is 0 Å². The number of carbonyl (C=O) groups is 2. The molecule has 2 amide bonds. The Balaban J connectivity index is 1.67. The van der Waals surface area contributed by atoms with Gasteiger partial charge in [0.1, 0.15) is 5.82 Å². The van der Waals surface area contributed by atoms with Crippen LogP contribution >= 0.6 is 0 Å². The van der Waals surface area contributed by atoms with E-state index < -0.39 is 11.3 Å². The Bertz CT molecular complexity index is 1490. The second kappa shape index (κ2) is 9.47. The molecular formula is C26H25N5O4. The number of amides is 2. The number of carbonyl (C=O) groups excluding carboxylic acids is 2. The van der Waals surface area contributed by atoms with Gasteiger partial charge in [0.15, 0.2) is 0 Å². The zero-order valence-electron chi connectivity index (χ0n) is 19.6. The molecule has 0 aliphatic rings. The molecule has 4 aromatic rings. The van der Waals surface area contributed by atoms with E-state index >= 15 is 0 Å². The molecule has 0 atom stereocenters. The van der Waals surface area contributed by atoms with Crippen molar-refractivity contribution in [1.82, 2.24) is 20.0 Å². The van der Waals surface area contributed by atoms with Gasteiger partial charge in [-0.3, -0.25) is 24.2 Å². The van der Waals surface area contributed by atoms with Crippen LogP contribution in [0.4, 0.5) is 5.82 Å². The van der Waals surface area contributed by atoms with E-state index in [0.29, 0.717) is 11.3 Å². The summed E-state index contributed by atoms with van der Waals surface area (Å²) in [7, 11) is 0. The minimum absolute atomic E-state index is 0.142. The summed E-state index contributed by atoms with van der Waals surface area (Å²) in [4.78, 5) is 46.0. The van der Waals surface area contributed by atoms with Crippen molar-refractivity contribution >= 4 is 28.5 Å². The molecule has 0 aliphatic heterocycles. The third-order valence-electron chi connectivity index (χ3n) is 5.50. The van der Waals surface area contributed by atoms with Gasteiger partial charge in [-0.05, 0) is 47.5 Å². The van der Waals surface area contributed by atoms with Gasteiger partial charge in [-0.2, -0.15) is 0 Å². The monoisotopic (exact) mass is 471 g/mol. The molecule has 2 aromatic heterocycles. The Morgan fingerprint density at radius 3 is 2.57 bits per heavy atom. The lowest BCUT2D eigenvalue weighted by Gasteiger charge is -2.19. The maximum absolute atomic E-state index is 13.1. The number of hydroxylamine groups is 1. The Morgan fingerprint density at radius 1 is 1.03 bits per heavy atom. The van der Waals surface area contributed by atoms with E-state index in [4.69, 9.17) is 5.21 Å². The summed E-state index contributed by atoms with van der Waals surface area (Å²) in [5, 5.41) is 12.0. The van der Waals surface area contributed by atoms with Crippen LogP contribution in [-0.2, 0) is 11.3 Å². The maximum atomic E-state index is 13.1. The summed E-state index contributed by atoms with van der Waals surface area (Å²) < 4.78 is 1.45. The first-order valence-corrected chi connectivity index (χ1v) is 11.0. The van der Waals surface area contributed by atoms with E-state index in [1.54, 1.807) is 23.8 Å². The second-order valence-electron chi connectivity index (χ2n) is 9.15. The van der Waals surface area contributed by atoms with Crippen LogP contribution in [0.1, 0.15) is 36.7 Å². The van der Waals surface area contributed by atoms with Crippen molar-refractivity contribution in [3.05, 3.63) is 88.6 Å². The van der Waals surface area contributed by atoms with Gasteiger partial charge in [-0.15, -0.1) is 0 Å². The third-order valence-corrected chi connectivity index (χ3v) is 5.50. The maximum Gasteiger partial charge on any atom is 0.274 e. The van der Waals surface area contributed by atoms with Gasteiger partial charge in [-0.25, -0.2) is 15.4 Å². The highest BCUT2D eigenvalue weighted by molar-refractivity contribution is 5.97. The Morgan fingerprint density at radius 2 is 1.83 bits per heavy atom. The standard InChI is InChI=1S/C26H25N5O4/c1-26(2,3)25(34)29-22-19(8-5-11-27-22)17-7-4-6-16(12-17)14-31-15-28-21-10-9-18(23(32)30-35)13-20(21)24(31)33/h4-13,15,35H,14H2,1-3H3,(H,30,32)(H,27,29,34). The smallest absolute Gasteiger partial charge is 0.274 e. The van der Waals surface area contributed by atoms with E-state index in [9.17, 15) is 14.4 Å². The summed E-state index contributed by atoms with van der Waals surface area (Å²) in [6.45, 7) is 5.75. The van der Waals surface area contributed by atoms with Crippen molar-refractivity contribution < 1.29 is 14.8 Å². The summed E-state index contributed by atoms with van der Waals surface area (Å²) in [5.41, 5.74) is 3.72. The number of fused-ring (bicyclic) bond motifs is 1. The van der Waals surface area contributed by atoms with Crippen molar-refractivity contribution in [1.29, 1.82) is 0 Å². The van der Waals surface area contributed by atoms with Gasteiger partial charge in [0, 0.05) is 22.7 Å². The van der Waals surface area contributed by atoms with Crippen LogP contribution in [0.5, 0.6) is 0 Å². The molecule has 178 valence electrons. The molecule has 0 radical (unpaired) electrons.